The van der Waals surface area contributed by atoms with E-state index in [1.54, 1.807) is 11.1 Å². The number of hydrogen-bond acceptors (Lipinski definition) is 7. The number of nitrogens with zero attached hydrogens (tertiary/aromatic N) is 3. The molecule has 36 heavy (non-hydrogen) atoms. The average molecular weight is 520 g/mol. The molecule has 2 amide bonds. The van der Waals surface area contributed by atoms with Crippen molar-refractivity contribution >= 4 is 46.8 Å². The molecule has 1 aromatic carbocycles. The molecule has 2 heterocycles. The molecule has 0 bridgehead atoms. The van der Waals surface area contributed by atoms with E-state index in [0.29, 0.717) is 38.4 Å². The van der Waals surface area contributed by atoms with E-state index in [1.165, 1.54) is 0 Å². The average Bonchev–Trinajstić information content (AvgIpc) is 3.33. The number of esters is 1. The van der Waals surface area contributed by atoms with Gasteiger partial charge in [-0.25, -0.2) is 4.98 Å². The van der Waals surface area contributed by atoms with Crippen molar-refractivity contribution in [2.45, 2.75) is 71.0 Å². The molecule has 0 aliphatic carbocycles. The summed E-state index contributed by atoms with van der Waals surface area (Å²) in [5.41, 5.74) is 12.5. The zero-order valence-electron chi connectivity index (χ0n) is 21.2. The van der Waals surface area contributed by atoms with Gasteiger partial charge in [0.15, 0.2) is 0 Å². The summed E-state index contributed by atoms with van der Waals surface area (Å²) < 4.78 is 5.36. The largest absolute Gasteiger partial charge is 0.465 e. The molecule has 198 valence electrons. The minimum Gasteiger partial charge on any atom is -0.465 e. The SMILES string of the molecule is CCCC[C@H](C(=O)N1CCC[C@H]1C(N)=O)N(CC(=O)OCCC)Cc1ccc2c(N)nccc2c1.Cl. The number of amides is 2. The standard InChI is InChI=1S/C26H37N5O4.ClH/c1-3-5-7-22(26(34)31-13-6-8-21(31)25(28)33)30(17-23(32)35-14-4-2)16-18-9-10-20-19(15-18)11-12-29-24(20)27;/h9-12,15,21-22H,3-8,13-14,16-17H2,1-2H3,(H2,27,29)(H2,28,33);1H/t21-,22+;/m0./s1. The number of aromatic nitrogens is 1. The molecule has 1 aliphatic heterocycles. The lowest BCUT2D eigenvalue weighted by Gasteiger charge is -2.34. The Labute approximate surface area is 218 Å². The first-order valence-corrected chi connectivity index (χ1v) is 12.5. The fourth-order valence-corrected chi connectivity index (χ4v) is 4.66. The molecular weight excluding hydrogens is 482 g/mol. The van der Waals surface area contributed by atoms with Gasteiger partial charge in [0.1, 0.15) is 11.9 Å². The number of likely N-dealkylation sites (tertiary alicyclic amines) is 1. The van der Waals surface area contributed by atoms with Crippen LogP contribution in [-0.4, -0.2) is 64.3 Å². The van der Waals surface area contributed by atoms with Crippen LogP contribution in [0.3, 0.4) is 0 Å². The molecule has 1 aromatic heterocycles. The van der Waals surface area contributed by atoms with E-state index in [9.17, 15) is 14.4 Å². The van der Waals surface area contributed by atoms with Gasteiger partial charge in [-0.15, -0.1) is 12.4 Å². The number of unbranched alkanes of at least 4 members (excludes halogenated alkanes) is 1. The molecule has 0 spiro atoms. The van der Waals surface area contributed by atoms with Crippen molar-refractivity contribution in [2.24, 2.45) is 5.73 Å². The smallest absolute Gasteiger partial charge is 0.320 e. The van der Waals surface area contributed by atoms with E-state index in [1.807, 2.05) is 36.1 Å². The van der Waals surface area contributed by atoms with E-state index in [-0.39, 0.29) is 30.8 Å². The van der Waals surface area contributed by atoms with Crippen molar-refractivity contribution < 1.29 is 19.1 Å². The van der Waals surface area contributed by atoms with Gasteiger partial charge in [-0.1, -0.05) is 38.8 Å². The molecule has 0 radical (unpaired) electrons. The molecule has 1 fully saturated rings. The lowest BCUT2D eigenvalue weighted by atomic mass is 10.0. The van der Waals surface area contributed by atoms with Gasteiger partial charge in [0, 0.05) is 24.7 Å². The summed E-state index contributed by atoms with van der Waals surface area (Å²) in [6.45, 7) is 5.17. The van der Waals surface area contributed by atoms with Crippen LogP contribution >= 0.6 is 12.4 Å². The number of ether oxygens (including phenoxy) is 1. The van der Waals surface area contributed by atoms with Crippen LogP contribution in [0.4, 0.5) is 5.82 Å². The number of nitrogen functional groups attached to an aromatic ring is 1. The molecule has 0 saturated carbocycles. The number of pyridine rings is 1. The molecule has 10 heteroatoms. The summed E-state index contributed by atoms with van der Waals surface area (Å²) in [5, 5.41) is 1.79. The topological polar surface area (TPSA) is 132 Å². The Balaban J connectivity index is 0.00000456. The molecule has 2 atom stereocenters. The van der Waals surface area contributed by atoms with E-state index < -0.39 is 18.0 Å². The van der Waals surface area contributed by atoms with Crippen molar-refractivity contribution in [3.05, 3.63) is 36.0 Å². The maximum Gasteiger partial charge on any atom is 0.320 e. The Bertz CT molecular complexity index is 1050. The van der Waals surface area contributed by atoms with Crippen LogP contribution in [0.2, 0.25) is 0 Å². The monoisotopic (exact) mass is 519 g/mol. The number of fused-ring (bicyclic) bond motifs is 1. The van der Waals surface area contributed by atoms with Gasteiger partial charge in [0.2, 0.25) is 11.8 Å². The molecule has 4 N–H and O–H groups in total. The number of anilines is 1. The highest BCUT2D eigenvalue weighted by atomic mass is 35.5. The van der Waals surface area contributed by atoms with Crippen molar-refractivity contribution in [1.82, 2.24) is 14.8 Å². The van der Waals surface area contributed by atoms with Crippen LogP contribution in [0.1, 0.15) is 57.9 Å². The number of hydrogen-bond donors (Lipinski definition) is 2. The van der Waals surface area contributed by atoms with Crippen LogP contribution in [0.15, 0.2) is 30.5 Å². The summed E-state index contributed by atoms with van der Waals surface area (Å²) in [5.74, 6) is -0.558. The third kappa shape index (κ3) is 7.30. The van der Waals surface area contributed by atoms with E-state index >= 15 is 0 Å². The Kier molecular flexibility index (Phi) is 11.4. The molecule has 0 unspecified atom stereocenters. The van der Waals surface area contributed by atoms with E-state index in [2.05, 4.69) is 11.9 Å². The first-order valence-electron chi connectivity index (χ1n) is 12.5. The molecule has 1 aliphatic rings. The third-order valence-corrected chi connectivity index (χ3v) is 6.47. The van der Waals surface area contributed by atoms with Crippen LogP contribution in [0.5, 0.6) is 0 Å². The van der Waals surface area contributed by atoms with Gasteiger partial charge >= 0.3 is 5.97 Å². The van der Waals surface area contributed by atoms with Crippen LogP contribution < -0.4 is 11.5 Å². The molecule has 3 rings (SSSR count). The van der Waals surface area contributed by atoms with Crippen molar-refractivity contribution in [3.8, 4) is 0 Å². The predicted octanol–water partition coefficient (Wildman–Crippen LogP) is 3.03. The Morgan fingerprint density at radius 1 is 1.22 bits per heavy atom. The number of halogens is 1. The summed E-state index contributed by atoms with van der Waals surface area (Å²) in [6.07, 6.45) is 5.97. The van der Waals surface area contributed by atoms with E-state index in [0.717, 1.165) is 42.0 Å². The Morgan fingerprint density at radius 3 is 2.69 bits per heavy atom. The number of nitrogens with two attached hydrogens (primary N) is 2. The van der Waals surface area contributed by atoms with Gasteiger partial charge in [-0.05, 0) is 48.8 Å². The highest BCUT2D eigenvalue weighted by molar-refractivity contribution is 5.91. The van der Waals surface area contributed by atoms with Crippen LogP contribution in [0, 0.1) is 0 Å². The molecular formula is C26H38ClN5O4. The Hall–Kier alpha value is -2.91. The normalized spacial score (nSPS) is 16.1. The third-order valence-electron chi connectivity index (χ3n) is 6.47. The first-order chi connectivity index (χ1) is 16.8. The Morgan fingerprint density at radius 2 is 2.00 bits per heavy atom. The molecule has 9 nitrogen and oxygen atoms in total. The zero-order chi connectivity index (χ0) is 25.4. The molecule has 1 saturated heterocycles. The van der Waals surface area contributed by atoms with Crippen LogP contribution in [0.25, 0.3) is 10.8 Å². The zero-order valence-corrected chi connectivity index (χ0v) is 22.0. The number of primary amides is 1. The van der Waals surface area contributed by atoms with Crippen molar-refractivity contribution in [3.63, 3.8) is 0 Å². The predicted molar refractivity (Wildman–Crippen MR) is 142 cm³/mol. The first kappa shape index (κ1) is 29.3. The minimum atomic E-state index is -0.600. The van der Waals surface area contributed by atoms with Crippen molar-refractivity contribution in [1.29, 1.82) is 0 Å². The lowest BCUT2D eigenvalue weighted by Crippen LogP contribution is -2.53. The second-order valence-electron chi connectivity index (χ2n) is 9.13. The van der Waals surface area contributed by atoms with Gasteiger partial charge in [0.25, 0.3) is 0 Å². The summed E-state index contributed by atoms with van der Waals surface area (Å²) in [7, 11) is 0. The highest BCUT2D eigenvalue weighted by Gasteiger charge is 2.38. The minimum absolute atomic E-state index is 0. The maximum absolute atomic E-state index is 13.8. The summed E-state index contributed by atoms with van der Waals surface area (Å²) in [6, 6.07) is 6.57. The van der Waals surface area contributed by atoms with E-state index in [4.69, 9.17) is 16.2 Å². The molecule has 2 aromatic rings. The van der Waals surface area contributed by atoms with Gasteiger partial charge in [0.05, 0.1) is 19.2 Å². The number of carbonyl (C=O) groups is 3. The van der Waals surface area contributed by atoms with Crippen LogP contribution in [-0.2, 0) is 25.7 Å². The fourth-order valence-electron chi connectivity index (χ4n) is 4.66. The van der Waals surface area contributed by atoms with Gasteiger partial charge in [-0.2, -0.15) is 0 Å². The quantitative estimate of drug-likeness (QED) is 0.412. The summed E-state index contributed by atoms with van der Waals surface area (Å²) >= 11 is 0. The second kappa shape index (κ2) is 14.0. The highest BCUT2D eigenvalue weighted by Crippen LogP contribution is 2.25. The number of rotatable bonds is 12. The van der Waals surface area contributed by atoms with Crippen molar-refractivity contribution in [2.75, 3.05) is 25.4 Å². The fraction of sp³-hybridized carbons (Fsp3) is 0.538. The van der Waals surface area contributed by atoms with Gasteiger partial charge < -0.3 is 21.1 Å². The maximum atomic E-state index is 13.8. The number of carbonyl (C=O) groups excluding carboxylic acids is 3. The number of benzene rings is 1. The lowest BCUT2D eigenvalue weighted by molar-refractivity contribution is -0.149. The second-order valence-corrected chi connectivity index (χ2v) is 9.13. The summed E-state index contributed by atoms with van der Waals surface area (Å²) in [4.78, 5) is 46.0. The van der Waals surface area contributed by atoms with Gasteiger partial charge in [-0.3, -0.25) is 19.3 Å².